The number of hydrogen-bond acceptors (Lipinski definition) is 3. The quantitative estimate of drug-likeness (QED) is 0.870. The fourth-order valence-corrected chi connectivity index (χ4v) is 3.94. The fraction of sp³-hybridized carbons (Fsp3) is 0.500. The first kappa shape index (κ1) is 11.7. The van der Waals surface area contributed by atoms with Crippen molar-refractivity contribution in [1.82, 2.24) is 4.98 Å². The molecule has 4 atom stereocenters. The summed E-state index contributed by atoms with van der Waals surface area (Å²) in [5, 5.41) is 0.0737. The van der Waals surface area contributed by atoms with Crippen LogP contribution in [0.3, 0.4) is 0 Å². The van der Waals surface area contributed by atoms with Gasteiger partial charge in [-0.3, -0.25) is 0 Å². The minimum atomic E-state index is -0.478. The average Bonchev–Trinajstić information content (AvgIpc) is 3.03. The highest BCUT2D eigenvalue weighted by Gasteiger charge is 2.48. The van der Waals surface area contributed by atoms with Crippen LogP contribution in [0.25, 0.3) is 11.1 Å². The molecule has 3 nitrogen and oxygen atoms in total. The van der Waals surface area contributed by atoms with Crippen LogP contribution in [0.1, 0.15) is 31.1 Å². The highest BCUT2D eigenvalue weighted by Crippen LogP contribution is 2.52. The molecule has 1 aromatic carbocycles. The zero-order valence-corrected chi connectivity index (χ0v) is 11.0. The standard InChI is InChI=1S/C14H14ClFN2O/c15-8-4-10-11(5-9(8)16)19-14(18-10)12-6-1-2-7(3-6)13(12)17/h4-7,12-13H,1-3,17H2. The first-order chi connectivity index (χ1) is 9.13. The van der Waals surface area contributed by atoms with Gasteiger partial charge < -0.3 is 10.2 Å². The van der Waals surface area contributed by atoms with Gasteiger partial charge in [-0.05, 0) is 37.2 Å². The summed E-state index contributed by atoms with van der Waals surface area (Å²) in [6.07, 6.45) is 3.57. The maximum atomic E-state index is 13.4. The molecule has 100 valence electrons. The Morgan fingerprint density at radius 2 is 2.11 bits per heavy atom. The van der Waals surface area contributed by atoms with Crippen molar-refractivity contribution in [2.24, 2.45) is 17.6 Å². The molecule has 2 fully saturated rings. The van der Waals surface area contributed by atoms with Crippen LogP contribution in [0, 0.1) is 17.7 Å². The van der Waals surface area contributed by atoms with E-state index in [2.05, 4.69) is 4.98 Å². The van der Waals surface area contributed by atoms with Gasteiger partial charge >= 0.3 is 0 Å². The van der Waals surface area contributed by atoms with Gasteiger partial charge in [-0.25, -0.2) is 9.37 Å². The zero-order valence-electron chi connectivity index (χ0n) is 10.3. The Balaban J connectivity index is 1.79. The SMILES string of the molecule is NC1C2CCC(C2)C1c1nc2cc(Cl)c(F)cc2o1. The summed E-state index contributed by atoms with van der Waals surface area (Å²) >= 11 is 5.77. The third-order valence-corrected chi connectivity index (χ3v) is 5.00. The van der Waals surface area contributed by atoms with Crippen LogP contribution in [0.4, 0.5) is 4.39 Å². The highest BCUT2D eigenvalue weighted by molar-refractivity contribution is 6.31. The largest absolute Gasteiger partial charge is 0.440 e. The van der Waals surface area contributed by atoms with Crippen LogP contribution in [0.5, 0.6) is 0 Å². The monoisotopic (exact) mass is 280 g/mol. The summed E-state index contributed by atoms with van der Waals surface area (Å²) in [4.78, 5) is 4.47. The lowest BCUT2D eigenvalue weighted by Crippen LogP contribution is -2.34. The Bertz CT molecular complexity index is 615. The molecule has 5 heteroatoms. The first-order valence-corrected chi connectivity index (χ1v) is 7.02. The molecule has 1 heterocycles. The molecule has 4 unspecified atom stereocenters. The maximum absolute atomic E-state index is 13.4. The molecular weight excluding hydrogens is 267 g/mol. The molecule has 1 aromatic heterocycles. The maximum Gasteiger partial charge on any atom is 0.200 e. The molecule has 2 aromatic rings. The molecule has 0 aliphatic heterocycles. The van der Waals surface area contributed by atoms with Crippen LogP contribution >= 0.6 is 11.6 Å². The summed E-state index contributed by atoms with van der Waals surface area (Å²) in [5.74, 6) is 1.50. The Morgan fingerprint density at radius 3 is 2.84 bits per heavy atom. The van der Waals surface area contributed by atoms with E-state index in [9.17, 15) is 4.39 Å². The van der Waals surface area contributed by atoms with Gasteiger partial charge in [0.05, 0.1) is 10.9 Å². The van der Waals surface area contributed by atoms with E-state index in [0.717, 1.165) is 0 Å². The van der Waals surface area contributed by atoms with Gasteiger partial charge in [0.15, 0.2) is 11.5 Å². The minimum absolute atomic E-state index is 0.0737. The zero-order chi connectivity index (χ0) is 13.1. The van der Waals surface area contributed by atoms with Crippen LogP contribution < -0.4 is 5.73 Å². The molecule has 0 spiro atoms. The molecule has 19 heavy (non-hydrogen) atoms. The van der Waals surface area contributed by atoms with Crippen LogP contribution in [-0.2, 0) is 0 Å². The summed E-state index contributed by atoms with van der Waals surface area (Å²) in [6.45, 7) is 0. The van der Waals surface area contributed by atoms with Crippen molar-refractivity contribution in [2.75, 3.05) is 0 Å². The molecule has 0 saturated heterocycles. The predicted octanol–water partition coefficient (Wildman–Crippen LogP) is 3.46. The summed E-state index contributed by atoms with van der Waals surface area (Å²) in [5.41, 5.74) is 7.34. The fourth-order valence-electron chi connectivity index (χ4n) is 3.79. The highest BCUT2D eigenvalue weighted by atomic mass is 35.5. The third-order valence-electron chi connectivity index (χ3n) is 4.71. The van der Waals surface area contributed by atoms with Gasteiger partial charge in [0.25, 0.3) is 0 Å². The number of benzene rings is 1. The molecule has 0 radical (unpaired) electrons. The van der Waals surface area contributed by atoms with Crippen molar-refractivity contribution in [3.05, 3.63) is 28.9 Å². The third kappa shape index (κ3) is 1.63. The second-order valence-corrected chi connectivity index (χ2v) is 6.13. The Labute approximate surface area is 114 Å². The Hall–Kier alpha value is -1.13. The first-order valence-electron chi connectivity index (χ1n) is 6.64. The second-order valence-electron chi connectivity index (χ2n) is 5.72. The predicted molar refractivity (Wildman–Crippen MR) is 70.5 cm³/mol. The van der Waals surface area contributed by atoms with Gasteiger partial charge in [0.1, 0.15) is 11.3 Å². The number of oxazole rings is 1. The van der Waals surface area contributed by atoms with E-state index < -0.39 is 5.82 Å². The minimum Gasteiger partial charge on any atom is -0.440 e. The van der Waals surface area contributed by atoms with Gasteiger partial charge in [-0.2, -0.15) is 0 Å². The lowest BCUT2D eigenvalue weighted by atomic mass is 9.85. The van der Waals surface area contributed by atoms with Crippen molar-refractivity contribution >= 4 is 22.7 Å². The van der Waals surface area contributed by atoms with Crippen LogP contribution in [0.15, 0.2) is 16.5 Å². The molecule has 2 bridgehead atoms. The van der Waals surface area contributed by atoms with E-state index >= 15 is 0 Å². The normalized spacial score (nSPS) is 33.4. The van der Waals surface area contributed by atoms with E-state index in [0.29, 0.717) is 28.8 Å². The number of halogens is 2. The van der Waals surface area contributed by atoms with E-state index in [1.807, 2.05) is 0 Å². The van der Waals surface area contributed by atoms with Crippen LogP contribution in [0.2, 0.25) is 5.02 Å². The van der Waals surface area contributed by atoms with E-state index in [1.54, 1.807) is 0 Å². The smallest absolute Gasteiger partial charge is 0.200 e. The Morgan fingerprint density at radius 1 is 1.32 bits per heavy atom. The molecule has 2 N–H and O–H groups in total. The lowest BCUT2D eigenvalue weighted by molar-refractivity contribution is 0.316. The van der Waals surface area contributed by atoms with E-state index in [-0.39, 0.29) is 17.0 Å². The number of aromatic nitrogens is 1. The summed E-state index contributed by atoms with van der Waals surface area (Å²) < 4.78 is 19.1. The number of hydrogen-bond donors (Lipinski definition) is 1. The van der Waals surface area contributed by atoms with Gasteiger partial charge in [0, 0.05) is 12.1 Å². The molecule has 0 amide bonds. The molecule has 2 saturated carbocycles. The van der Waals surface area contributed by atoms with Crippen molar-refractivity contribution in [3.8, 4) is 0 Å². The molecular formula is C14H14ClFN2O. The lowest BCUT2D eigenvalue weighted by Gasteiger charge is -2.25. The number of nitrogens with two attached hydrogens (primary N) is 1. The number of fused-ring (bicyclic) bond motifs is 3. The van der Waals surface area contributed by atoms with Gasteiger partial charge in [-0.15, -0.1) is 0 Å². The number of nitrogens with zero attached hydrogens (tertiary/aromatic N) is 1. The average molecular weight is 281 g/mol. The summed E-state index contributed by atoms with van der Waals surface area (Å²) in [6, 6.07) is 2.93. The second kappa shape index (κ2) is 3.93. The van der Waals surface area contributed by atoms with Crippen molar-refractivity contribution < 1.29 is 8.81 Å². The number of rotatable bonds is 1. The molecule has 2 aliphatic rings. The van der Waals surface area contributed by atoms with Crippen LogP contribution in [-0.4, -0.2) is 11.0 Å². The van der Waals surface area contributed by atoms with Crippen molar-refractivity contribution in [2.45, 2.75) is 31.2 Å². The van der Waals surface area contributed by atoms with E-state index in [1.165, 1.54) is 31.4 Å². The Kier molecular flexibility index (Phi) is 2.42. The van der Waals surface area contributed by atoms with E-state index in [4.69, 9.17) is 21.8 Å². The van der Waals surface area contributed by atoms with Crippen molar-refractivity contribution in [3.63, 3.8) is 0 Å². The molecule has 4 rings (SSSR count). The van der Waals surface area contributed by atoms with Gasteiger partial charge in [-0.1, -0.05) is 11.6 Å². The summed E-state index contributed by atoms with van der Waals surface area (Å²) in [7, 11) is 0. The van der Waals surface area contributed by atoms with Gasteiger partial charge in [0.2, 0.25) is 0 Å². The van der Waals surface area contributed by atoms with Crippen molar-refractivity contribution in [1.29, 1.82) is 0 Å². The topological polar surface area (TPSA) is 52.0 Å². The molecule has 2 aliphatic carbocycles.